The average Bonchev–Trinajstić information content (AvgIpc) is 2.73. The predicted molar refractivity (Wildman–Crippen MR) is 62.4 cm³/mol. The zero-order valence-electron chi connectivity index (χ0n) is 9.82. The van der Waals surface area contributed by atoms with Crippen molar-refractivity contribution >= 4 is 5.97 Å². The number of aromatic hydroxyl groups is 1. The maximum Gasteiger partial charge on any atom is 0.341 e. The fraction of sp³-hybridized carbons (Fsp3) is 0.308. The van der Waals surface area contributed by atoms with Gasteiger partial charge in [0.05, 0.1) is 7.11 Å². The Morgan fingerprint density at radius 2 is 2.29 bits per heavy atom. The summed E-state index contributed by atoms with van der Waals surface area (Å²) in [7, 11) is 1.28. The van der Waals surface area contributed by atoms with E-state index in [9.17, 15) is 9.90 Å². The first kappa shape index (κ1) is 11.5. The lowest BCUT2D eigenvalue weighted by Gasteiger charge is -2.08. The van der Waals surface area contributed by atoms with E-state index < -0.39 is 5.97 Å². The summed E-state index contributed by atoms with van der Waals surface area (Å²) >= 11 is 0. The normalized spacial score (nSPS) is 17.2. The molecule has 0 radical (unpaired) electrons. The molecule has 0 fully saturated rings. The number of ether oxygens (including phenoxy) is 2. The number of esters is 1. The second-order valence-electron chi connectivity index (χ2n) is 4.09. The van der Waals surface area contributed by atoms with Crippen LogP contribution in [0.4, 0.5) is 0 Å². The molecule has 1 aromatic carbocycles. The first-order valence-electron chi connectivity index (χ1n) is 5.29. The van der Waals surface area contributed by atoms with Crippen LogP contribution in [-0.2, 0) is 11.2 Å². The second kappa shape index (κ2) is 4.13. The van der Waals surface area contributed by atoms with Crippen LogP contribution < -0.4 is 4.74 Å². The summed E-state index contributed by atoms with van der Waals surface area (Å²) in [6, 6.07) is 3.17. The van der Waals surface area contributed by atoms with Crippen molar-refractivity contribution in [2.75, 3.05) is 7.11 Å². The number of fused-ring (bicyclic) bond motifs is 1. The highest BCUT2D eigenvalue weighted by atomic mass is 16.5. The molecule has 0 saturated carbocycles. The zero-order chi connectivity index (χ0) is 12.6. The molecule has 1 aliphatic heterocycles. The van der Waals surface area contributed by atoms with Gasteiger partial charge in [0, 0.05) is 12.0 Å². The molecule has 17 heavy (non-hydrogen) atoms. The Kier molecular flexibility index (Phi) is 2.79. The van der Waals surface area contributed by atoms with Gasteiger partial charge in [-0.15, -0.1) is 0 Å². The Morgan fingerprint density at radius 1 is 1.59 bits per heavy atom. The van der Waals surface area contributed by atoms with Crippen molar-refractivity contribution in [2.24, 2.45) is 0 Å². The standard InChI is InChI=1S/C13H14O4/c1-7(2)11-6-9-10(17-11)5-4-8(12(9)14)13(15)16-3/h4-5,11,14H,1,6H2,2-3H3/t11-/m1/s1. The SMILES string of the molecule is C=C(C)[C@H]1Cc2c(ccc(C(=O)OC)c2O)O1. The highest BCUT2D eigenvalue weighted by Gasteiger charge is 2.28. The van der Waals surface area contributed by atoms with Gasteiger partial charge in [-0.1, -0.05) is 6.58 Å². The van der Waals surface area contributed by atoms with Crippen LogP contribution in [0, 0.1) is 0 Å². The number of carbonyl (C=O) groups is 1. The first-order valence-corrected chi connectivity index (χ1v) is 5.29. The second-order valence-corrected chi connectivity index (χ2v) is 4.09. The van der Waals surface area contributed by atoms with Crippen molar-refractivity contribution in [3.8, 4) is 11.5 Å². The molecule has 0 spiro atoms. The van der Waals surface area contributed by atoms with E-state index in [1.54, 1.807) is 6.07 Å². The maximum atomic E-state index is 11.4. The number of methoxy groups -OCH3 is 1. The highest BCUT2D eigenvalue weighted by molar-refractivity contribution is 5.93. The smallest absolute Gasteiger partial charge is 0.341 e. The number of hydrogen-bond donors (Lipinski definition) is 1. The number of benzene rings is 1. The third-order valence-electron chi connectivity index (χ3n) is 2.85. The fourth-order valence-electron chi connectivity index (χ4n) is 1.86. The number of carbonyl (C=O) groups excluding carboxylic acids is 1. The van der Waals surface area contributed by atoms with Gasteiger partial charge in [0.25, 0.3) is 0 Å². The molecule has 1 N–H and O–H groups in total. The van der Waals surface area contributed by atoms with E-state index >= 15 is 0 Å². The van der Waals surface area contributed by atoms with Crippen LogP contribution in [0.5, 0.6) is 11.5 Å². The van der Waals surface area contributed by atoms with Crippen molar-refractivity contribution in [3.63, 3.8) is 0 Å². The summed E-state index contributed by atoms with van der Waals surface area (Å²) < 4.78 is 10.2. The molecular formula is C13H14O4. The Bertz CT molecular complexity index is 490. The number of hydrogen-bond acceptors (Lipinski definition) is 4. The lowest BCUT2D eigenvalue weighted by molar-refractivity contribution is 0.0597. The Balaban J connectivity index is 2.40. The predicted octanol–water partition coefficient (Wildman–Crippen LogP) is 2.06. The van der Waals surface area contributed by atoms with Gasteiger partial charge in [0.15, 0.2) is 0 Å². The van der Waals surface area contributed by atoms with Crippen LogP contribution in [-0.4, -0.2) is 24.3 Å². The van der Waals surface area contributed by atoms with E-state index in [4.69, 9.17) is 4.74 Å². The van der Waals surface area contributed by atoms with Crippen LogP contribution in [0.25, 0.3) is 0 Å². The lowest BCUT2D eigenvalue weighted by Crippen LogP contribution is -2.13. The number of phenolic OH excluding ortho intramolecular Hbond substituents is 1. The molecule has 1 aromatic rings. The van der Waals surface area contributed by atoms with Crippen LogP contribution in [0.15, 0.2) is 24.3 Å². The minimum absolute atomic E-state index is 0.0573. The molecule has 0 unspecified atom stereocenters. The minimum atomic E-state index is -0.552. The highest BCUT2D eigenvalue weighted by Crippen LogP contribution is 2.39. The molecule has 1 aliphatic rings. The van der Waals surface area contributed by atoms with E-state index in [-0.39, 0.29) is 17.4 Å². The van der Waals surface area contributed by atoms with Gasteiger partial charge >= 0.3 is 5.97 Å². The first-order chi connectivity index (χ1) is 8.04. The van der Waals surface area contributed by atoms with Crippen molar-refractivity contribution in [3.05, 3.63) is 35.4 Å². The topological polar surface area (TPSA) is 55.8 Å². The van der Waals surface area contributed by atoms with E-state index in [2.05, 4.69) is 11.3 Å². The maximum absolute atomic E-state index is 11.4. The van der Waals surface area contributed by atoms with Crippen molar-refractivity contribution in [1.29, 1.82) is 0 Å². The van der Waals surface area contributed by atoms with Crippen molar-refractivity contribution in [1.82, 2.24) is 0 Å². The Morgan fingerprint density at radius 3 is 2.88 bits per heavy atom. The monoisotopic (exact) mass is 234 g/mol. The molecule has 0 saturated heterocycles. The van der Waals surface area contributed by atoms with E-state index in [0.29, 0.717) is 17.7 Å². The van der Waals surface area contributed by atoms with Gasteiger partial charge in [-0.2, -0.15) is 0 Å². The van der Waals surface area contributed by atoms with E-state index in [0.717, 1.165) is 5.57 Å². The van der Waals surface area contributed by atoms with Crippen LogP contribution in [0.1, 0.15) is 22.8 Å². The molecule has 0 bridgehead atoms. The molecule has 0 aromatic heterocycles. The van der Waals surface area contributed by atoms with E-state index in [1.165, 1.54) is 13.2 Å². The zero-order valence-corrected chi connectivity index (χ0v) is 9.82. The lowest BCUT2D eigenvalue weighted by atomic mass is 10.0. The summed E-state index contributed by atoms with van der Waals surface area (Å²) in [5.74, 6) is -0.00896. The van der Waals surface area contributed by atoms with Gasteiger partial charge < -0.3 is 14.6 Å². The average molecular weight is 234 g/mol. The van der Waals surface area contributed by atoms with Crippen LogP contribution >= 0.6 is 0 Å². The quantitative estimate of drug-likeness (QED) is 0.628. The summed E-state index contributed by atoms with van der Waals surface area (Å²) in [6.45, 7) is 5.70. The van der Waals surface area contributed by atoms with Crippen LogP contribution in [0.2, 0.25) is 0 Å². The molecule has 1 heterocycles. The summed E-state index contributed by atoms with van der Waals surface area (Å²) in [6.07, 6.45) is 0.394. The van der Waals surface area contributed by atoms with Gasteiger partial charge in [-0.05, 0) is 24.6 Å². The Labute approximate surface area is 99.5 Å². The molecule has 0 amide bonds. The fourth-order valence-corrected chi connectivity index (χ4v) is 1.86. The van der Waals surface area contributed by atoms with Crippen LogP contribution in [0.3, 0.4) is 0 Å². The molecule has 4 nitrogen and oxygen atoms in total. The third-order valence-corrected chi connectivity index (χ3v) is 2.85. The largest absolute Gasteiger partial charge is 0.507 e. The molecule has 4 heteroatoms. The van der Waals surface area contributed by atoms with Crippen molar-refractivity contribution in [2.45, 2.75) is 19.4 Å². The molecule has 90 valence electrons. The third kappa shape index (κ3) is 1.86. The van der Waals surface area contributed by atoms with Gasteiger partial charge in [-0.25, -0.2) is 4.79 Å². The Hall–Kier alpha value is -1.97. The van der Waals surface area contributed by atoms with Gasteiger partial charge in [0.1, 0.15) is 23.2 Å². The summed E-state index contributed by atoms with van der Waals surface area (Å²) in [5, 5.41) is 10.0. The summed E-state index contributed by atoms with van der Waals surface area (Å²) in [4.78, 5) is 11.4. The van der Waals surface area contributed by atoms with Gasteiger partial charge in [0.2, 0.25) is 0 Å². The number of phenols is 1. The number of rotatable bonds is 2. The van der Waals surface area contributed by atoms with Gasteiger partial charge in [-0.3, -0.25) is 0 Å². The molecule has 0 aliphatic carbocycles. The molecule has 2 rings (SSSR count). The van der Waals surface area contributed by atoms with Crippen molar-refractivity contribution < 1.29 is 19.4 Å². The summed E-state index contributed by atoms with van der Waals surface area (Å²) in [5.41, 5.74) is 1.69. The molecule has 1 atom stereocenters. The molecular weight excluding hydrogens is 220 g/mol. The minimum Gasteiger partial charge on any atom is -0.507 e. The van der Waals surface area contributed by atoms with E-state index in [1.807, 2.05) is 6.92 Å².